The van der Waals surface area contributed by atoms with Crippen LogP contribution in [0.2, 0.25) is 0 Å². The molecule has 0 aliphatic heterocycles. The normalized spacial score (nSPS) is 9.45. The second kappa shape index (κ2) is 3.77. The fraction of sp³-hybridized carbons (Fsp3) is 0.500. The first kappa shape index (κ1) is 7.80. The Kier molecular flexibility index (Phi) is 2.67. The summed E-state index contributed by atoms with van der Waals surface area (Å²) in [5.41, 5.74) is 1.16. The highest BCUT2D eigenvalue weighted by Gasteiger charge is 1.94. The predicted molar refractivity (Wildman–Crippen MR) is 41.8 cm³/mol. The fourth-order valence-corrected chi connectivity index (χ4v) is 0.949. The molecule has 11 heavy (non-hydrogen) atoms. The van der Waals surface area contributed by atoms with Crippen molar-refractivity contribution >= 4 is 0 Å². The topological polar surface area (TPSA) is 41.6 Å². The van der Waals surface area contributed by atoms with Gasteiger partial charge >= 0.3 is 0 Å². The molecule has 0 saturated heterocycles. The minimum Gasteiger partial charge on any atom is -0.335 e. The number of unbranched alkanes of at least 4 members (excludes halogenated alkanes) is 1. The van der Waals surface area contributed by atoms with Crippen molar-refractivity contribution in [1.29, 1.82) is 5.26 Å². The third-order valence-electron chi connectivity index (χ3n) is 1.61. The average molecular weight is 149 g/mol. The van der Waals surface area contributed by atoms with Crippen LogP contribution in [0.25, 0.3) is 0 Å². The lowest BCUT2D eigenvalue weighted by Gasteiger charge is -2.00. The first-order chi connectivity index (χ1) is 5.34. The number of aromatic nitrogens is 2. The van der Waals surface area contributed by atoms with E-state index in [0.29, 0.717) is 6.42 Å². The molecule has 0 aromatic carbocycles. The van der Waals surface area contributed by atoms with Crippen molar-refractivity contribution in [3.8, 4) is 6.07 Å². The lowest BCUT2D eigenvalue weighted by molar-refractivity contribution is 0.639. The van der Waals surface area contributed by atoms with Gasteiger partial charge in [-0.3, -0.25) is 0 Å². The van der Waals surface area contributed by atoms with Crippen LogP contribution in [0, 0.1) is 18.3 Å². The molecular weight excluding hydrogens is 138 g/mol. The SMILES string of the molecule is Cc1cncn1CCCC#N. The Morgan fingerprint density at radius 3 is 3.09 bits per heavy atom. The molecular formula is C8H11N3. The Hall–Kier alpha value is -1.30. The van der Waals surface area contributed by atoms with E-state index >= 15 is 0 Å². The van der Waals surface area contributed by atoms with Crippen LogP contribution in [0.4, 0.5) is 0 Å². The van der Waals surface area contributed by atoms with Gasteiger partial charge in [-0.2, -0.15) is 5.26 Å². The molecule has 0 saturated carbocycles. The van der Waals surface area contributed by atoms with Crippen molar-refractivity contribution in [3.05, 3.63) is 18.2 Å². The van der Waals surface area contributed by atoms with E-state index in [1.165, 1.54) is 0 Å². The Bertz CT molecular complexity index is 257. The summed E-state index contributed by atoms with van der Waals surface area (Å²) >= 11 is 0. The second-order valence-corrected chi connectivity index (χ2v) is 2.49. The third-order valence-corrected chi connectivity index (χ3v) is 1.61. The van der Waals surface area contributed by atoms with Crippen LogP contribution >= 0.6 is 0 Å². The van der Waals surface area contributed by atoms with Gasteiger partial charge in [0.05, 0.1) is 12.4 Å². The highest BCUT2D eigenvalue weighted by Crippen LogP contribution is 1.99. The van der Waals surface area contributed by atoms with Crippen molar-refractivity contribution in [2.45, 2.75) is 26.3 Å². The first-order valence-electron chi connectivity index (χ1n) is 3.68. The molecule has 0 unspecified atom stereocenters. The molecule has 0 N–H and O–H groups in total. The maximum Gasteiger partial charge on any atom is 0.0948 e. The molecule has 0 spiro atoms. The van der Waals surface area contributed by atoms with Gasteiger partial charge in [0.15, 0.2) is 0 Å². The number of hydrogen-bond donors (Lipinski definition) is 0. The van der Waals surface area contributed by atoms with Gasteiger partial charge in [-0.1, -0.05) is 0 Å². The summed E-state index contributed by atoms with van der Waals surface area (Å²) in [4.78, 5) is 3.98. The maximum absolute atomic E-state index is 8.29. The Morgan fingerprint density at radius 1 is 1.73 bits per heavy atom. The molecule has 0 radical (unpaired) electrons. The molecule has 58 valence electrons. The minimum atomic E-state index is 0.623. The number of nitrogens with zero attached hydrogens (tertiary/aromatic N) is 3. The van der Waals surface area contributed by atoms with E-state index in [-0.39, 0.29) is 0 Å². The molecule has 3 nitrogen and oxygen atoms in total. The molecule has 1 aromatic heterocycles. The van der Waals surface area contributed by atoms with Crippen LogP contribution in [0.15, 0.2) is 12.5 Å². The van der Waals surface area contributed by atoms with E-state index in [9.17, 15) is 0 Å². The number of rotatable bonds is 3. The Balaban J connectivity index is 2.40. The summed E-state index contributed by atoms with van der Waals surface area (Å²) < 4.78 is 2.05. The van der Waals surface area contributed by atoms with Gasteiger partial charge in [-0.05, 0) is 13.3 Å². The molecule has 0 bridgehead atoms. The highest BCUT2D eigenvalue weighted by atomic mass is 15.0. The quantitative estimate of drug-likeness (QED) is 0.611. The van der Waals surface area contributed by atoms with E-state index in [2.05, 4.69) is 15.6 Å². The van der Waals surface area contributed by atoms with Crippen LogP contribution in [0.1, 0.15) is 18.5 Å². The molecule has 0 aliphatic rings. The number of nitriles is 1. The predicted octanol–water partition coefficient (Wildman–Crippen LogP) is 1.50. The maximum atomic E-state index is 8.29. The van der Waals surface area contributed by atoms with E-state index in [1.54, 1.807) is 6.33 Å². The average Bonchev–Trinajstić information content (AvgIpc) is 2.37. The highest BCUT2D eigenvalue weighted by molar-refractivity contribution is 4.93. The summed E-state index contributed by atoms with van der Waals surface area (Å²) in [6, 6.07) is 2.12. The zero-order valence-corrected chi connectivity index (χ0v) is 6.62. The molecule has 3 heteroatoms. The van der Waals surface area contributed by atoms with Crippen LogP contribution in [-0.4, -0.2) is 9.55 Å². The summed E-state index contributed by atoms with van der Waals surface area (Å²) in [7, 11) is 0. The van der Waals surface area contributed by atoms with Gasteiger partial charge in [0.2, 0.25) is 0 Å². The van der Waals surface area contributed by atoms with Crippen LogP contribution in [0.3, 0.4) is 0 Å². The standard InChI is InChI=1S/C8H11N3/c1-8-6-10-7-11(8)5-3-2-4-9/h6-7H,2-3,5H2,1H3. The van der Waals surface area contributed by atoms with Crippen molar-refractivity contribution in [1.82, 2.24) is 9.55 Å². The lowest BCUT2D eigenvalue weighted by atomic mass is 10.3. The number of imidazole rings is 1. The Labute approximate surface area is 66.3 Å². The van der Waals surface area contributed by atoms with Crippen molar-refractivity contribution in [2.75, 3.05) is 0 Å². The number of hydrogen-bond acceptors (Lipinski definition) is 2. The zero-order valence-electron chi connectivity index (χ0n) is 6.62. The first-order valence-corrected chi connectivity index (χ1v) is 3.68. The van der Waals surface area contributed by atoms with Gasteiger partial charge in [0.1, 0.15) is 0 Å². The Morgan fingerprint density at radius 2 is 2.55 bits per heavy atom. The van der Waals surface area contributed by atoms with Gasteiger partial charge in [-0.15, -0.1) is 0 Å². The molecule has 1 aromatic rings. The summed E-state index contributed by atoms with van der Waals surface area (Å²) in [5.74, 6) is 0. The van der Waals surface area contributed by atoms with E-state index in [1.807, 2.05) is 13.1 Å². The van der Waals surface area contributed by atoms with Crippen molar-refractivity contribution in [2.24, 2.45) is 0 Å². The van der Waals surface area contributed by atoms with Crippen LogP contribution in [-0.2, 0) is 6.54 Å². The van der Waals surface area contributed by atoms with Gasteiger partial charge in [-0.25, -0.2) is 4.98 Å². The molecule has 1 rings (SSSR count). The van der Waals surface area contributed by atoms with Crippen LogP contribution in [0.5, 0.6) is 0 Å². The largest absolute Gasteiger partial charge is 0.335 e. The summed E-state index contributed by atoms with van der Waals surface area (Å²) in [6.07, 6.45) is 5.16. The minimum absolute atomic E-state index is 0.623. The zero-order chi connectivity index (χ0) is 8.10. The van der Waals surface area contributed by atoms with E-state index < -0.39 is 0 Å². The molecule has 0 fully saturated rings. The van der Waals surface area contributed by atoms with Gasteiger partial charge in [0, 0.05) is 24.9 Å². The van der Waals surface area contributed by atoms with Crippen LogP contribution < -0.4 is 0 Å². The second-order valence-electron chi connectivity index (χ2n) is 2.49. The van der Waals surface area contributed by atoms with Crippen molar-refractivity contribution in [3.63, 3.8) is 0 Å². The third kappa shape index (κ3) is 2.08. The smallest absolute Gasteiger partial charge is 0.0948 e. The lowest BCUT2D eigenvalue weighted by Crippen LogP contribution is -1.97. The molecule has 1 heterocycles. The van der Waals surface area contributed by atoms with Gasteiger partial charge < -0.3 is 4.57 Å². The number of aryl methyl sites for hydroxylation is 2. The van der Waals surface area contributed by atoms with E-state index in [0.717, 1.165) is 18.7 Å². The molecule has 0 amide bonds. The summed E-state index contributed by atoms with van der Waals surface area (Å²) in [5, 5.41) is 8.29. The molecule has 0 aliphatic carbocycles. The fourth-order valence-electron chi connectivity index (χ4n) is 0.949. The van der Waals surface area contributed by atoms with E-state index in [4.69, 9.17) is 5.26 Å². The molecule has 0 atom stereocenters. The monoisotopic (exact) mass is 149 g/mol. The van der Waals surface area contributed by atoms with Gasteiger partial charge in [0.25, 0.3) is 0 Å². The summed E-state index contributed by atoms with van der Waals surface area (Å²) in [6.45, 7) is 2.92. The van der Waals surface area contributed by atoms with Crippen molar-refractivity contribution < 1.29 is 0 Å².